The third kappa shape index (κ3) is 4.65. The Labute approximate surface area is 205 Å². The third-order valence-electron chi connectivity index (χ3n) is 10.3. The predicted octanol–water partition coefficient (Wildman–Crippen LogP) is 5.99. The smallest absolute Gasteiger partial charge is 0.316 e. The normalized spacial score (nSPS) is 40.9. The number of carbonyl (C=O) groups is 2. The van der Waals surface area contributed by atoms with Gasteiger partial charge in [0.1, 0.15) is 6.10 Å². The number of hydrogen-bond donors (Lipinski definition) is 1. The van der Waals surface area contributed by atoms with Crippen molar-refractivity contribution in [1.29, 1.82) is 0 Å². The van der Waals surface area contributed by atoms with Gasteiger partial charge >= 0.3 is 5.97 Å². The predicted molar refractivity (Wildman–Crippen MR) is 136 cm³/mol. The fraction of sp³-hybridized carbons (Fsp3) is 0.857. The van der Waals surface area contributed by atoms with Crippen LogP contribution in [0, 0.1) is 46.3 Å². The Morgan fingerprint density at radius 3 is 2.58 bits per heavy atom. The van der Waals surface area contributed by atoms with Crippen molar-refractivity contribution in [2.45, 2.75) is 92.1 Å². The molecule has 8 atom stereocenters. The SMILES string of the molecule is CC(C)[C@H]1CC[C@H]2[C@@H]3CC=C4C[C@@H](OC(=O)CSC[C@H](C)C(N)=O)CC[C@]4(C)[C@H]3CC[C@]12C. The van der Waals surface area contributed by atoms with Crippen molar-refractivity contribution < 1.29 is 14.3 Å². The average molecular weight is 476 g/mol. The van der Waals surface area contributed by atoms with Crippen LogP contribution in [0.2, 0.25) is 0 Å². The summed E-state index contributed by atoms with van der Waals surface area (Å²) in [7, 11) is 0. The molecule has 0 saturated heterocycles. The number of esters is 1. The Morgan fingerprint density at radius 2 is 1.88 bits per heavy atom. The van der Waals surface area contributed by atoms with Gasteiger partial charge in [0, 0.05) is 18.1 Å². The molecule has 4 aliphatic rings. The lowest BCUT2D eigenvalue weighted by Gasteiger charge is -2.58. The summed E-state index contributed by atoms with van der Waals surface area (Å²) in [5.74, 6) is 4.38. The van der Waals surface area contributed by atoms with Crippen molar-refractivity contribution in [2.24, 2.45) is 52.1 Å². The summed E-state index contributed by atoms with van der Waals surface area (Å²) in [6.45, 7) is 11.8. The van der Waals surface area contributed by atoms with Crippen molar-refractivity contribution in [3.8, 4) is 0 Å². The largest absolute Gasteiger partial charge is 0.461 e. The highest BCUT2D eigenvalue weighted by atomic mass is 32.2. The summed E-state index contributed by atoms with van der Waals surface area (Å²) in [6, 6.07) is 0. The molecule has 4 rings (SSSR count). The van der Waals surface area contributed by atoms with E-state index in [0.717, 1.165) is 48.9 Å². The molecular formula is C28H45NO3S. The first-order chi connectivity index (χ1) is 15.6. The van der Waals surface area contributed by atoms with E-state index < -0.39 is 0 Å². The maximum atomic E-state index is 12.4. The number of carbonyl (C=O) groups excluding carboxylic acids is 2. The van der Waals surface area contributed by atoms with Crippen LogP contribution in [0.5, 0.6) is 0 Å². The Kier molecular flexibility index (Phi) is 7.30. The Balaban J connectivity index is 1.37. The number of amides is 1. The van der Waals surface area contributed by atoms with Gasteiger partial charge < -0.3 is 10.5 Å². The van der Waals surface area contributed by atoms with Gasteiger partial charge in [0.05, 0.1) is 5.75 Å². The number of primary amides is 1. The number of thioether (sulfide) groups is 1. The number of hydrogen-bond acceptors (Lipinski definition) is 4. The Hall–Kier alpha value is -0.970. The van der Waals surface area contributed by atoms with E-state index in [4.69, 9.17) is 10.5 Å². The summed E-state index contributed by atoms with van der Waals surface area (Å²) < 4.78 is 5.87. The summed E-state index contributed by atoms with van der Waals surface area (Å²) in [4.78, 5) is 23.6. The Bertz CT molecular complexity index is 794. The molecule has 3 fully saturated rings. The second-order valence-electron chi connectivity index (χ2n) is 12.4. The monoisotopic (exact) mass is 475 g/mol. The molecule has 0 spiro atoms. The molecule has 0 aromatic heterocycles. The van der Waals surface area contributed by atoms with Crippen LogP contribution in [-0.4, -0.2) is 29.5 Å². The lowest BCUT2D eigenvalue weighted by molar-refractivity contribution is -0.148. The van der Waals surface area contributed by atoms with Crippen LogP contribution in [-0.2, 0) is 14.3 Å². The van der Waals surface area contributed by atoms with Gasteiger partial charge in [-0.15, -0.1) is 11.8 Å². The van der Waals surface area contributed by atoms with Crippen LogP contribution in [0.3, 0.4) is 0 Å². The van der Waals surface area contributed by atoms with Crippen molar-refractivity contribution in [2.75, 3.05) is 11.5 Å². The zero-order chi connectivity index (χ0) is 24.0. The molecule has 33 heavy (non-hydrogen) atoms. The third-order valence-corrected chi connectivity index (χ3v) is 11.5. The number of nitrogens with two attached hydrogens (primary N) is 1. The van der Waals surface area contributed by atoms with Gasteiger partial charge in [0.2, 0.25) is 5.91 Å². The highest BCUT2D eigenvalue weighted by molar-refractivity contribution is 7.99. The van der Waals surface area contributed by atoms with Gasteiger partial charge in [-0.1, -0.05) is 46.3 Å². The van der Waals surface area contributed by atoms with Gasteiger partial charge in [-0.25, -0.2) is 0 Å². The van der Waals surface area contributed by atoms with Crippen LogP contribution in [0.1, 0.15) is 86.0 Å². The lowest BCUT2D eigenvalue weighted by atomic mass is 9.47. The molecule has 0 heterocycles. The molecule has 5 heteroatoms. The van der Waals surface area contributed by atoms with Crippen LogP contribution in [0.25, 0.3) is 0 Å². The van der Waals surface area contributed by atoms with E-state index in [1.165, 1.54) is 43.9 Å². The number of rotatable bonds is 7. The van der Waals surface area contributed by atoms with E-state index in [1.54, 1.807) is 12.5 Å². The molecule has 0 aliphatic heterocycles. The van der Waals surface area contributed by atoms with E-state index in [1.807, 2.05) is 0 Å². The van der Waals surface area contributed by atoms with Crippen molar-refractivity contribution in [3.05, 3.63) is 11.6 Å². The quantitative estimate of drug-likeness (QED) is 0.363. The van der Waals surface area contributed by atoms with E-state index in [-0.39, 0.29) is 29.3 Å². The zero-order valence-electron chi connectivity index (χ0n) is 21.4. The van der Waals surface area contributed by atoms with Crippen molar-refractivity contribution >= 4 is 23.6 Å². The molecule has 0 unspecified atom stereocenters. The van der Waals surface area contributed by atoms with E-state index in [2.05, 4.69) is 33.8 Å². The standard InChI is InChI=1S/C28H45NO3S/c1-17(2)22-8-9-23-21-7-6-19-14-20(32-25(30)16-33-15-18(3)26(29)31)10-12-27(19,4)24(21)11-13-28(22,23)5/h6,17-18,20-24H,7-16H2,1-5H3,(H2,29,31)/t18-,20-,21-,22+,23-,24-,27-,28+/m0/s1. The first kappa shape index (κ1) is 25.1. The maximum Gasteiger partial charge on any atom is 0.316 e. The van der Waals surface area contributed by atoms with Gasteiger partial charge in [-0.05, 0) is 85.4 Å². The molecule has 0 radical (unpaired) electrons. The first-order valence-electron chi connectivity index (χ1n) is 13.3. The molecule has 3 saturated carbocycles. The summed E-state index contributed by atoms with van der Waals surface area (Å²) in [6.07, 6.45) is 12.4. The van der Waals surface area contributed by atoms with Gasteiger partial charge in [-0.3, -0.25) is 9.59 Å². The lowest BCUT2D eigenvalue weighted by Crippen LogP contribution is -2.51. The second-order valence-corrected chi connectivity index (χ2v) is 13.4. The fourth-order valence-electron chi connectivity index (χ4n) is 8.48. The zero-order valence-corrected chi connectivity index (χ0v) is 22.2. The number of fused-ring (bicyclic) bond motifs is 5. The van der Waals surface area contributed by atoms with Crippen molar-refractivity contribution in [3.63, 3.8) is 0 Å². The van der Waals surface area contributed by atoms with Crippen LogP contribution in [0.4, 0.5) is 0 Å². The second kappa shape index (κ2) is 9.59. The molecule has 2 N–H and O–H groups in total. The molecule has 0 bridgehead atoms. The van der Waals surface area contributed by atoms with Gasteiger partial charge in [0.25, 0.3) is 0 Å². The van der Waals surface area contributed by atoms with Crippen molar-refractivity contribution in [1.82, 2.24) is 0 Å². The average Bonchev–Trinajstić information content (AvgIpc) is 3.11. The Morgan fingerprint density at radius 1 is 1.12 bits per heavy atom. The topological polar surface area (TPSA) is 69.4 Å². The minimum atomic E-state index is -0.315. The first-order valence-corrected chi connectivity index (χ1v) is 14.5. The molecule has 186 valence electrons. The van der Waals surface area contributed by atoms with Gasteiger partial charge in [-0.2, -0.15) is 0 Å². The van der Waals surface area contributed by atoms with E-state index >= 15 is 0 Å². The highest BCUT2D eigenvalue weighted by Crippen LogP contribution is 2.67. The van der Waals surface area contributed by atoms with Crippen LogP contribution >= 0.6 is 11.8 Å². The molecule has 4 nitrogen and oxygen atoms in total. The van der Waals surface area contributed by atoms with Crippen LogP contribution in [0.15, 0.2) is 11.6 Å². The minimum absolute atomic E-state index is 0.00759. The minimum Gasteiger partial charge on any atom is -0.461 e. The fourth-order valence-corrected chi connectivity index (χ4v) is 9.36. The molecule has 0 aromatic rings. The highest BCUT2D eigenvalue weighted by Gasteiger charge is 2.58. The van der Waals surface area contributed by atoms with E-state index in [9.17, 15) is 9.59 Å². The molecule has 0 aromatic carbocycles. The maximum absolute atomic E-state index is 12.4. The number of ether oxygens (including phenoxy) is 1. The summed E-state index contributed by atoms with van der Waals surface area (Å²) >= 11 is 1.44. The number of allylic oxidation sites excluding steroid dienone is 1. The van der Waals surface area contributed by atoms with E-state index in [0.29, 0.717) is 16.9 Å². The van der Waals surface area contributed by atoms with Crippen LogP contribution < -0.4 is 5.73 Å². The summed E-state index contributed by atoms with van der Waals surface area (Å²) in [5, 5.41) is 0. The molecule has 1 amide bonds. The molecular weight excluding hydrogens is 430 g/mol. The summed E-state index contributed by atoms with van der Waals surface area (Å²) in [5.41, 5.74) is 7.69. The molecule has 4 aliphatic carbocycles. The van der Waals surface area contributed by atoms with Gasteiger partial charge in [0.15, 0.2) is 0 Å².